The lowest BCUT2D eigenvalue weighted by Gasteiger charge is -2.43. The van der Waals surface area contributed by atoms with Gasteiger partial charge < -0.3 is 4.90 Å². The fraction of sp³-hybridized carbons (Fsp3) is 0.625. The normalized spacial score (nSPS) is 23.1. The Bertz CT molecular complexity index is 948. The first-order chi connectivity index (χ1) is 13.7. The van der Waals surface area contributed by atoms with Gasteiger partial charge in [0.2, 0.25) is 10.0 Å². The SMILES string of the molecule is CC(C)C1=C2CC(NS(=O)(=O)c3ccccc3)CN2C(C(C)(C)C)=NC1C(C)(C)C. The first-order valence-electron chi connectivity index (χ1n) is 10.9. The molecule has 5 nitrogen and oxygen atoms in total. The van der Waals surface area contributed by atoms with Crippen molar-refractivity contribution < 1.29 is 8.42 Å². The van der Waals surface area contributed by atoms with Crippen molar-refractivity contribution in [2.24, 2.45) is 21.7 Å². The van der Waals surface area contributed by atoms with Gasteiger partial charge >= 0.3 is 0 Å². The van der Waals surface area contributed by atoms with Gasteiger partial charge in [0.1, 0.15) is 5.84 Å². The summed E-state index contributed by atoms with van der Waals surface area (Å²) in [7, 11) is -3.56. The van der Waals surface area contributed by atoms with Gasteiger partial charge in [0.15, 0.2) is 0 Å². The summed E-state index contributed by atoms with van der Waals surface area (Å²) >= 11 is 0. The van der Waals surface area contributed by atoms with Gasteiger partial charge in [0.25, 0.3) is 0 Å². The standard InChI is InChI=1S/C24H37N3O2S/c1-16(2)20-19-14-17(26-30(28,29)18-12-10-9-11-13-18)15-27(19)22(24(6,7)8)25-21(20)23(3,4)5/h9-13,16-17,21,26H,14-15H2,1-8H3. The number of nitrogens with one attached hydrogen (secondary N) is 1. The number of rotatable bonds is 4. The zero-order valence-corrected chi connectivity index (χ0v) is 20.5. The third-order valence-electron chi connectivity index (χ3n) is 5.79. The number of sulfonamides is 1. The predicted molar refractivity (Wildman–Crippen MR) is 124 cm³/mol. The van der Waals surface area contributed by atoms with Crippen molar-refractivity contribution >= 4 is 15.9 Å². The molecular formula is C24H37N3O2S. The van der Waals surface area contributed by atoms with Crippen LogP contribution >= 0.6 is 0 Å². The molecule has 3 rings (SSSR count). The molecule has 1 N–H and O–H groups in total. The van der Waals surface area contributed by atoms with Crippen molar-refractivity contribution in [2.45, 2.75) is 78.8 Å². The minimum atomic E-state index is -3.56. The van der Waals surface area contributed by atoms with E-state index in [-0.39, 0.29) is 22.9 Å². The molecule has 0 spiro atoms. The average molecular weight is 432 g/mol. The third kappa shape index (κ3) is 4.50. The van der Waals surface area contributed by atoms with Crippen LogP contribution in [0, 0.1) is 16.7 Å². The van der Waals surface area contributed by atoms with Gasteiger partial charge in [-0.05, 0) is 29.0 Å². The van der Waals surface area contributed by atoms with Crippen LogP contribution in [-0.2, 0) is 10.0 Å². The second kappa shape index (κ2) is 7.79. The van der Waals surface area contributed by atoms with Gasteiger partial charge in [0, 0.05) is 30.1 Å². The second-order valence-corrected chi connectivity index (χ2v) is 12.7. The molecular weight excluding hydrogens is 394 g/mol. The van der Waals surface area contributed by atoms with Gasteiger partial charge in [-0.15, -0.1) is 0 Å². The third-order valence-corrected chi connectivity index (χ3v) is 7.33. The van der Waals surface area contributed by atoms with E-state index in [0.29, 0.717) is 23.8 Å². The molecule has 2 aliphatic rings. The van der Waals surface area contributed by atoms with Crippen molar-refractivity contribution in [3.05, 3.63) is 41.6 Å². The first kappa shape index (κ1) is 23.0. The highest BCUT2D eigenvalue weighted by Crippen LogP contribution is 2.43. The molecule has 1 saturated heterocycles. The topological polar surface area (TPSA) is 61.8 Å². The molecule has 1 aromatic rings. The van der Waals surface area contributed by atoms with E-state index in [2.05, 4.69) is 65.0 Å². The van der Waals surface area contributed by atoms with Gasteiger partial charge in [-0.1, -0.05) is 73.6 Å². The van der Waals surface area contributed by atoms with Crippen LogP contribution in [0.5, 0.6) is 0 Å². The number of hydrogen-bond acceptors (Lipinski definition) is 4. The Kier molecular flexibility index (Phi) is 5.98. The minimum absolute atomic E-state index is 0.00315. The number of benzene rings is 1. The van der Waals surface area contributed by atoms with Crippen LogP contribution in [-0.4, -0.2) is 37.8 Å². The molecule has 0 aliphatic carbocycles. The monoisotopic (exact) mass is 431 g/mol. The Hall–Kier alpha value is -1.66. The van der Waals surface area contributed by atoms with Crippen LogP contribution in [0.1, 0.15) is 61.8 Å². The molecule has 2 aliphatic heterocycles. The predicted octanol–water partition coefficient (Wildman–Crippen LogP) is 4.82. The molecule has 1 aromatic carbocycles. The van der Waals surface area contributed by atoms with E-state index in [0.717, 1.165) is 5.84 Å². The van der Waals surface area contributed by atoms with Crippen LogP contribution in [0.15, 0.2) is 51.5 Å². The molecule has 166 valence electrons. The van der Waals surface area contributed by atoms with Crippen LogP contribution in [0.4, 0.5) is 0 Å². The lowest BCUT2D eigenvalue weighted by molar-refractivity contribution is 0.312. The van der Waals surface area contributed by atoms with Gasteiger partial charge in [-0.2, -0.15) is 0 Å². The van der Waals surface area contributed by atoms with E-state index < -0.39 is 10.0 Å². The molecule has 0 bridgehead atoms. The number of aliphatic imine (C=N–C) groups is 1. The summed E-state index contributed by atoms with van der Waals surface area (Å²) in [6, 6.07) is 8.54. The molecule has 0 aromatic heterocycles. The van der Waals surface area contributed by atoms with Crippen molar-refractivity contribution in [2.75, 3.05) is 6.54 Å². The summed E-state index contributed by atoms with van der Waals surface area (Å²) in [4.78, 5) is 7.86. The second-order valence-electron chi connectivity index (χ2n) is 11.0. The summed E-state index contributed by atoms with van der Waals surface area (Å²) in [6.45, 7) is 18.3. The quantitative estimate of drug-likeness (QED) is 0.743. The number of fused-ring (bicyclic) bond motifs is 1. The highest BCUT2D eigenvalue weighted by atomic mass is 32.2. The zero-order chi connectivity index (χ0) is 22.5. The van der Waals surface area contributed by atoms with Gasteiger partial charge in [-0.3, -0.25) is 4.99 Å². The summed E-state index contributed by atoms with van der Waals surface area (Å²) < 4.78 is 28.8. The Labute approximate surface area is 182 Å². The summed E-state index contributed by atoms with van der Waals surface area (Å²) in [5.41, 5.74) is 2.48. The molecule has 1 fully saturated rings. The van der Waals surface area contributed by atoms with E-state index >= 15 is 0 Å². The maximum atomic E-state index is 12.9. The maximum absolute atomic E-state index is 12.9. The van der Waals surface area contributed by atoms with E-state index in [4.69, 9.17) is 4.99 Å². The minimum Gasteiger partial charge on any atom is -0.332 e. The van der Waals surface area contributed by atoms with E-state index in [9.17, 15) is 8.42 Å². The first-order valence-corrected chi connectivity index (χ1v) is 12.4. The maximum Gasteiger partial charge on any atom is 0.240 e. The summed E-state index contributed by atoms with van der Waals surface area (Å²) in [5, 5.41) is 0. The average Bonchev–Trinajstić information content (AvgIpc) is 3.01. The Balaban J connectivity index is 2.01. The number of amidine groups is 1. The van der Waals surface area contributed by atoms with Crippen molar-refractivity contribution in [3.8, 4) is 0 Å². The molecule has 0 saturated carbocycles. The van der Waals surface area contributed by atoms with Crippen LogP contribution in [0.3, 0.4) is 0 Å². The van der Waals surface area contributed by atoms with Crippen molar-refractivity contribution in [1.29, 1.82) is 0 Å². The zero-order valence-electron chi connectivity index (χ0n) is 19.7. The van der Waals surface area contributed by atoms with Gasteiger partial charge in [-0.25, -0.2) is 13.1 Å². The van der Waals surface area contributed by atoms with Gasteiger partial charge in [0.05, 0.1) is 10.9 Å². The Morgan fingerprint density at radius 3 is 2.17 bits per heavy atom. The molecule has 2 atom stereocenters. The Morgan fingerprint density at radius 1 is 1.07 bits per heavy atom. The fourth-order valence-electron chi connectivity index (χ4n) is 4.52. The van der Waals surface area contributed by atoms with Crippen LogP contribution in [0.2, 0.25) is 0 Å². The highest BCUT2D eigenvalue weighted by molar-refractivity contribution is 7.89. The molecule has 0 radical (unpaired) electrons. The Morgan fingerprint density at radius 2 is 1.67 bits per heavy atom. The van der Waals surface area contributed by atoms with E-state index in [1.54, 1.807) is 24.3 Å². The smallest absolute Gasteiger partial charge is 0.240 e. The van der Waals surface area contributed by atoms with Crippen molar-refractivity contribution in [3.63, 3.8) is 0 Å². The highest BCUT2D eigenvalue weighted by Gasteiger charge is 2.44. The number of hydrogen-bond donors (Lipinski definition) is 1. The molecule has 6 heteroatoms. The molecule has 0 amide bonds. The fourth-order valence-corrected chi connectivity index (χ4v) is 5.77. The molecule has 30 heavy (non-hydrogen) atoms. The summed E-state index contributed by atoms with van der Waals surface area (Å²) in [5.74, 6) is 1.41. The lowest BCUT2D eigenvalue weighted by atomic mass is 9.76. The van der Waals surface area contributed by atoms with E-state index in [1.807, 2.05) is 6.07 Å². The van der Waals surface area contributed by atoms with E-state index in [1.165, 1.54) is 11.3 Å². The molecule has 2 heterocycles. The molecule has 2 unspecified atom stereocenters. The number of nitrogens with zero attached hydrogens (tertiary/aromatic N) is 2. The van der Waals surface area contributed by atoms with Crippen molar-refractivity contribution in [1.82, 2.24) is 9.62 Å². The van der Waals surface area contributed by atoms with Crippen LogP contribution in [0.25, 0.3) is 0 Å². The lowest BCUT2D eigenvalue weighted by Crippen LogP contribution is -2.46. The van der Waals surface area contributed by atoms with Crippen LogP contribution < -0.4 is 4.72 Å². The summed E-state index contributed by atoms with van der Waals surface area (Å²) in [6.07, 6.45) is 0.696. The largest absolute Gasteiger partial charge is 0.332 e.